The first kappa shape index (κ1) is 14.0. The van der Waals surface area contributed by atoms with Crippen LogP contribution < -0.4 is 11.4 Å². The lowest BCUT2D eigenvalue weighted by Crippen LogP contribution is -2.48. The van der Waals surface area contributed by atoms with E-state index in [1.807, 2.05) is 13.8 Å². The highest BCUT2D eigenvalue weighted by Crippen LogP contribution is 2.40. The average molecular weight is 269 g/mol. The molecule has 0 unspecified atom stereocenters. The van der Waals surface area contributed by atoms with Crippen molar-refractivity contribution in [3.8, 4) is 0 Å². The lowest BCUT2D eigenvalue weighted by atomic mass is 9.86. The molecule has 7 nitrogen and oxygen atoms in total. The van der Waals surface area contributed by atoms with E-state index in [4.69, 9.17) is 10.5 Å². The van der Waals surface area contributed by atoms with Gasteiger partial charge in [-0.15, -0.1) is 0 Å². The first-order valence-electron chi connectivity index (χ1n) is 6.22. The Bertz CT molecular complexity index is 516. The van der Waals surface area contributed by atoms with Crippen LogP contribution in [-0.2, 0) is 4.74 Å². The molecule has 1 saturated heterocycles. The van der Waals surface area contributed by atoms with Crippen LogP contribution in [0.3, 0.4) is 0 Å². The lowest BCUT2D eigenvalue weighted by molar-refractivity contribution is -0.153. The maximum Gasteiger partial charge on any atom is 0.351 e. The van der Waals surface area contributed by atoms with E-state index in [9.17, 15) is 15.0 Å². The molecule has 0 amide bonds. The number of nitrogen functional groups attached to an aromatic ring is 1. The Morgan fingerprint density at radius 1 is 1.68 bits per heavy atom. The SMILES string of the molecule is CC(C)[C@]1(CO)O[C@@H](n2ccc(N)nc2=O)C[C@@H]1O. The monoisotopic (exact) mass is 269 g/mol. The zero-order chi connectivity index (χ0) is 14.2. The first-order chi connectivity index (χ1) is 8.90. The third-order valence-corrected chi connectivity index (χ3v) is 3.73. The largest absolute Gasteiger partial charge is 0.393 e. The third-order valence-electron chi connectivity index (χ3n) is 3.73. The Balaban J connectivity index is 2.33. The normalized spacial score (nSPS) is 31.0. The minimum absolute atomic E-state index is 0.0880. The van der Waals surface area contributed by atoms with Crippen LogP contribution in [0, 0.1) is 5.92 Å². The summed E-state index contributed by atoms with van der Waals surface area (Å²) in [7, 11) is 0. The molecule has 3 atom stereocenters. The van der Waals surface area contributed by atoms with Gasteiger partial charge in [0.05, 0.1) is 12.7 Å². The Morgan fingerprint density at radius 2 is 2.37 bits per heavy atom. The van der Waals surface area contributed by atoms with E-state index in [1.165, 1.54) is 16.8 Å². The predicted octanol–water partition coefficient (Wildman–Crippen LogP) is -0.508. The van der Waals surface area contributed by atoms with Gasteiger partial charge in [-0.05, 0) is 12.0 Å². The van der Waals surface area contributed by atoms with Crippen LogP contribution in [0.4, 0.5) is 5.82 Å². The number of aliphatic hydroxyl groups is 2. The quantitative estimate of drug-likeness (QED) is 0.681. The Kier molecular flexibility index (Phi) is 3.62. The van der Waals surface area contributed by atoms with E-state index < -0.39 is 23.6 Å². The van der Waals surface area contributed by atoms with E-state index in [2.05, 4.69) is 4.98 Å². The van der Waals surface area contributed by atoms with Gasteiger partial charge in [0.2, 0.25) is 0 Å². The van der Waals surface area contributed by atoms with E-state index in [1.54, 1.807) is 0 Å². The van der Waals surface area contributed by atoms with E-state index in [0.717, 1.165) is 0 Å². The minimum Gasteiger partial charge on any atom is -0.393 e. The maximum absolute atomic E-state index is 11.8. The summed E-state index contributed by atoms with van der Waals surface area (Å²) in [5.74, 6) is 0.0482. The number of ether oxygens (including phenoxy) is 1. The molecule has 4 N–H and O–H groups in total. The summed E-state index contributed by atoms with van der Waals surface area (Å²) in [6, 6.07) is 1.49. The Morgan fingerprint density at radius 3 is 2.84 bits per heavy atom. The minimum atomic E-state index is -1.05. The van der Waals surface area contributed by atoms with Crippen molar-refractivity contribution in [2.75, 3.05) is 12.3 Å². The summed E-state index contributed by atoms with van der Waals surface area (Å²) < 4.78 is 7.04. The van der Waals surface area contributed by atoms with Crippen molar-refractivity contribution in [3.05, 3.63) is 22.7 Å². The van der Waals surface area contributed by atoms with Crippen molar-refractivity contribution in [1.29, 1.82) is 0 Å². The molecular formula is C12H19N3O4. The second-order valence-electron chi connectivity index (χ2n) is 5.13. The number of aromatic nitrogens is 2. The molecule has 2 heterocycles. The van der Waals surface area contributed by atoms with Gasteiger partial charge in [-0.3, -0.25) is 4.57 Å². The van der Waals surface area contributed by atoms with Gasteiger partial charge < -0.3 is 20.7 Å². The van der Waals surface area contributed by atoms with Crippen LogP contribution in [0.15, 0.2) is 17.1 Å². The van der Waals surface area contributed by atoms with Crippen molar-refractivity contribution in [2.45, 2.75) is 38.2 Å². The van der Waals surface area contributed by atoms with Crippen molar-refractivity contribution < 1.29 is 14.9 Å². The Hall–Kier alpha value is -1.44. The second-order valence-corrected chi connectivity index (χ2v) is 5.13. The third kappa shape index (κ3) is 2.24. The summed E-state index contributed by atoms with van der Waals surface area (Å²) >= 11 is 0. The number of hydrogen-bond donors (Lipinski definition) is 3. The number of hydrogen-bond acceptors (Lipinski definition) is 6. The molecule has 19 heavy (non-hydrogen) atoms. The molecule has 1 fully saturated rings. The topological polar surface area (TPSA) is 111 Å². The van der Waals surface area contributed by atoms with Crippen LogP contribution in [0.2, 0.25) is 0 Å². The highest BCUT2D eigenvalue weighted by atomic mass is 16.6. The smallest absolute Gasteiger partial charge is 0.351 e. The fourth-order valence-corrected chi connectivity index (χ4v) is 2.43. The highest BCUT2D eigenvalue weighted by Gasteiger charge is 2.50. The molecule has 1 aromatic rings. The van der Waals surface area contributed by atoms with Crippen LogP contribution in [0.5, 0.6) is 0 Å². The van der Waals surface area contributed by atoms with Gasteiger partial charge in [0.15, 0.2) is 0 Å². The van der Waals surface area contributed by atoms with Gasteiger partial charge in [0.1, 0.15) is 17.6 Å². The van der Waals surface area contributed by atoms with Crippen LogP contribution in [0.25, 0.3) is 0 Å². The van der Waals surface area contributed by atoms with E-state index in [0.29, 0.717) is 0 Å². The summed E-state index contributed by atoms with van der Waals surface area (Å²) in [4.78, 5) is 15.4. The van der Waals surface area contributed by atoms with Gasteiger partial charge in [-0.1, -0.05) is 13.8 Å². The second kappa shape index (κ2) is 4.92. The zero-order valence-corrected chi connectivity index (χ0v) is 11.0. The van der Waals surface area contributed by atoms with Crippen LogP contribution in [-0.4, -0.2) is 38.1 Å². The summed E-state index contributed by atoms with van der Waals surface area (Å²) in [5.41, 5.74) is 3.84. The van der Waals surface area contributed by atoms with Crippen molar-refractivity contribution in [3.63, 3.8) is 0 Å². The molecule has 106 valence electrons. The number of anilines is 1. The fraction of sp³-hybridized carbons (Fsp3) is 0.667. The zero-order valence-electron chi connectivity index (χ0n) is 11.0. The molecular weight excluding hydrogens is 250 g/mol. The van der Waals surface area contributed by atoms with Crippen molar-refractivity contribution in [1.82, 2.24) is 9.55 Å². The van der Waals surface area contributed by atoms with Gasteiger partial charge >= 0.3 is 5.69 Å². The number of nitrogens with two attached hydrogens (primary N) is 1. The lowest BCUT2D eigenvalue weighted by Gasteiger charge is -2.34. The molecule has 1 aliphatic heterocycles. The standard InChI is InChI=1S/C12H19N3O4/c1-7(2)12(6-16)8(17)5-10(19-12)15-4-3-9(13)14-11(15)18/h3-4,7-8,10,16-17H,5-6H2,1-2H3,(H2,13,14,18)/t8-,10+,12-/m0/s1. The summed E-state index contributed by atoms with van der Waals surface area (Å²) in [5, 5.41) is 19.7. The molecule has 1 aromatic heterocycles. The molecule has 0 radical (unpaired) electrons. The molecule has 0 saturated carbocycles. The van der Waals surface area contributed by atoms with Gasteiger partial charge in [0.25, 0.3) is 0 Å². The predicted molar refractivity (Wildman–Crippen MR) is 68.3 cm³/mol. The van der Waals surface area contributed by atoms with Crippen LogP contribution >= 0.6 is 0 Å². The Labute approximate surface area is 110 Å². The molecule has 0 spiro atoms. The van der Waals surface area contributed by atoms with Gasteiger partial charge in [0, 0.05) is 12.6 Å². The van der Waals surface area contributed by atoms with Gasteiger partial charge in [-0.2, -0.15) is 4.98 Å². The number of nitrogens with zero attached hydrogens (tertiary/aromatic N) is 2. The summed E-state index contributed by atoms with van der Waals surface area (Å²) in [6.07, 6.45) is 0.220. The fourth-order valence-electron chi connectivity index (χ4n) is 2.43. The van der Waals surface area contributed by atoms with E-state index >= 15 is 0 Å². The van der Waals surface area contributed by atoms with E-state index in [-0.39, 0.29) is 24.8 Å². The molecule has 2 rings (SSSR count). The van der Waals surface area contributed by atoms with Crippen molar-refractivity contribution in [2.24, 2.45) is 5.92 Å². The molecule has 0 aliphatic carbocycles. The molecule has 7 heteroatoms. The van der Waals surface area contributed by atoms with Crippen molar-refractivity contribution >= 4 is 5.82 Å². The maximum atomic E-state index is 11.8. The highest BCUT2D eigenvalue weighted by molar-refractivity contribution is 5.23. The summed E-state index contributed by atoms with van der Waals surface area (Å²) in [6.45, 7) is 3.40. The van der Waals surface area contributed by atoms with Gasteiger partial charge in [-0.25, -0.2) is 4.79 Å². The molecule has 0 aromatic carbocycles. The number of rotatable bonds is 3. The number of aliphatic hydroxyl groups excluding tert-OH is 2. The molecule has 0 bridgehead atoms. The first-order valence-corrected chi connectivity index (χ1v) is 6.22. The average Bonchev–Trinajstić information content (AvgIpc) is 2.67. The van der Waals surface area contributed by atoms with Crippen LogP contribution in [0.1, 0.15) is 26.5 Å². The molecule has 1 aliphatic rings.